The van der Waals surface area contributed by atoms with Gasteiger partial charge in [0.25, 0.3) is 0 Å². The quantitative estimate of drug-likeness (QED) is 0.222. The van der Waals surface area contributed by atoms with Crippen LogP contribution in [-0.2, 0) is 25.9 Å². The Kier molecular flexibility index (Phi) is 11.1. The Hall–Kier alpha value is 1.02. The van der Waals surface area contributed by atoms with Crippen molar-refractivity contribution in [3.8, 4) is 0 Å². The second-order valence-corrected chi connectivity index (χ2v) is 14.6. The molecule has 2 fully saturated rings. The van der Waals surface area contributed by atoms with Crippen LogP contribution in [0.3, 0.4) is 0 Å². The van der Waals surface area contributed by atoms with E-state index in [9.17, 15) is 0 Å². The third-order valence-corrected chi connectivity index (χ3v) is 8.56. The zero-order valence-corrected chi connectivity index (χ0v) is 25.8. The molecule has 0 spiro atoms. The molecule has 30 heavy (non-hydrogen) atoms. The van der Waals surface area contributed by atoms with Crippen molar-refractivity contribution in [2.75, 3.05) is 0 Å². The van der Waals surface area contributed by atoms with Gasteiger partial charge in [0, 0.05) is 56.7 Å². The molecule has 0 radical (unpaired) electrons. The van der Waals surface area contributed by atoms with E-state index in [-0.39, 0.29) is 0 Å². The molecule has 1 aromatic heterocycles. The number of benzene rings is 1. The molecule has 0 amide bonds. The van der Waals surface area contributed by atoms with Gasteiger partial charge in [-0.2, -0.15) is 1.33 Å². The van der Waals surface area contributed by atoms with Gasteiger partial charge >= 0.3 is 127 Å². The minimum absolute atomic E-state index is 0.768. The van der Waals surface area contributed by atoms with E-state index in [0.717, 1.165) is 23.1 Å². The number of aryl methyl sites for hydroxylation is 1. The average molecular weight is 879 g/mol. The van der Waals surface area contributed by atoms with Gasteiger partial charge in [-0.3, -0.25) is 0 Å². The van der Waals surface area contributed by atoms with Crippen molar-refractivity contribution in [1.82, 2.24) is 10.5 Å². The molecule has 2 aliphatic carbocycles. The van der Waals surface area contributed by atoms with Crippen molar-refractivity contribution in [2.45, 2.75) is 89.8 Å². The first-order chi connectivity index (χ1) is 14.5. The van der Waals surface area contributed by atoms with Crippen LogP contribution in [0.15, 0.2) is 34.9 Å². The standard InChI is InChI=1S/C16H26N2.C7H6BrI2N.Pt/c1-14-12-17(15-8-4-2-5-9-15)13-18(14)16-10-6-3-7-11-16;8-7-3-1-6(2-4-7)5-11(9)10;/h12,15-16H,2-11H2,1H3;1-4H,5H2;. The monoisotopic (exact) mass is 878 g/mol. The summed E-state index contributed by atoms with van der Waals surface area (Å²) in [6, 6.07) is 9.90. The second-order valence-electron chi connectivity index (χ2n) is 8.46. The Bertz CT molecular complexity index is 835. The summed E-state index contributed by atoms with van der Waals surface area (Å²) < 4.78 is 9.93. The van der Waals surface area contributed by atoms with Crippen LogP contribution < -0.4 is 0 Å². The van der Waals surface area contributed by atoms with Crippen LogP contribution in [0.2, 0.25) is 0 Å². The van der Waals surface area contributed by atoms with Gasteiger partial charge in [0.05, 0.1) is 0 Å². The molecule has 0 unspecified atom stereocenters. The third-order valence-electron chi connectivity index (χ3n) is 6.21. The molecule has 3 nitrogen and oxygen atoms in total. The molecule has 0 bridgehead atoms. The fourth-order valence-corrected chi connectivity index (χ4v) is 7.10. The Balaban J connectivity index is 0.000000199. The molecule has 0 saturated heterocycles. The first-order valence-corrected chi connectivity index (χ1v) is 14.9. The number of nitrogens with zero attached hydrogens (tertiary/aromatic N) is 3. The van der Waals surface area contributed by atoms with Crippen molar-refractivity contribution in [1.29, 1.82) is 0 Å². The van der Waals surface area contributed by atoms with Crippen molar-refractivity contribution in [3.05, 3.63) is 50.0 Å². The normalized spacial score (nSPS) is 18.4. The number of hydrogen-bond donors (Lipinski definition) is 0. The molecule has 2 saturated carbocycles. The molecule has 170 valence electrons. The molecule has 1 aromatic carbocycles. The SMILES string of the molecule is Brc1ccc(CN(I)I)cc1.Cc1cn(C2CCCCC2)[c](=[Pt])n1C1CCCCC1. The van der Waals surface area contributed by atoms with Gasteiger partial charge in [-0.1, -0.05) is 28.1 Å². The fourth-order valence-electron chi connectivity index (χ4n) is 4.67. The zero-order valence-electron chi connectivity index (χ0n) is 17.6. The summed E-state index contributed by atoms with van der Waals surface area (Å²) in [7, 11) is 0. The van der Waals surface area contributed by atoms with E-state index in [0.29, 0.717) is 0 Å². The summed E-state index contributed by atoms with van der Waals surface area (Å²) in [5.74, 6) is 0. The van der Waals surface area contributed by atoms with Crippen LogP contribution in [0, 0.1) is 10.7 Å². The van der Waals surface area contributed by atoms with Crippen molar-refractivity contribution < 1.29 is 19.4 Å². The van der Waals surface area contributed by atoms with Crippen LogP contribution >= 0.6 is 61.7 Å². The van der Waals surface area contributed by atoms with Crippen LogP contribution in [-0.4, -0.2) is 10.5 Å². The average Bonchev–Trinajstić information content (AvgIpc) is 3.05. The van der Waals surface area contributed by atoms with Crippen LogP contribution in [0.5, 0.6) is 0 Å². The topological polar surface area (TPSA) is 13.1 Å². The van der Waals surface area contributed by atoms with E-state index in [1.165, 1.54) is 79.3 Å². The van der Waals surface area contributed by atoms with Gasteiger partial charge in [0.1, 0.15) is 0 Å². The van der Waals surface area contributed by atoms with E-state index >= 15 is 0 Å². The maximum atomic E-state index is 3.39. The van der Waals surface area contributed by atoms with Gasteiger partial charge < -0.3 is 0 Å². The Morgan fingerprint density at radius 2 is 1.47 bits per heavy atom. The Labute approximate surface area is 228 Å². The van der Waals surface area contributed by atoms with E-state index < -0.39 is 0 Å². The van der Waals surface area contributed by atoms with Gasteiger partial charge in [-0.05, 0) is 17.7 Å². The molecule has 4 rings (SSSR count). The van der Waals surface area contributed by atoms with Crippen LogP contribution in [0.25, 0.3) is 0 Å². The van der Waals surface area contributed by atoms with Crippen molar-refractivity contribution in [3.63, 3.8) is 0 Å². The number of hydrogen-bond acceptors (Lipinski definition) is 1. The number of halogens is 3. The van der Waals surface area contributed by atoms with Gasteiger partial charge in [-0.25, -0.2) is 0 Å². The Morgan fingerprint density at radius 3 is 2.00 bits per heavy atom. The molecule has 2 aliphatic rings. The molecule has 0 atom stereocenters. The van der Waals surface area contributed by atoms with E-state index in [1.807, 2.05) is 0 Å². The fraction of sp³-hybridized carbons (Fsp3) is 0.609. The first-order valence-electron chi connectivity index (χ1n) is 11.0. The predicted molar refractivity (Wildman–Crippen MR) is 142 cm³/mol. The van der Waals surface area contributed by atoms with Gasteiger partial charge in [-0.15, -0.1) is 0 Å². The van der Waals surface area contributed by atoms with Crippen LogP contribution in [0.4, 0.5) is 0 Å². The molecular formula is C23H32BrI2N3Pt. The number of rotatable bonds is 4. The molecule has 0 N–H and O–H groups in total. The first kappa shape index (κ1) is 25.6. The summed E-state index contributed by atoms with van der Waals surface area (Å²) in [5.41, 5.74) is 2.81. The van der Waals surface area contributed by atoms with Crippen molar-refractivity contribution >= 4 is 61.7 Å². The molecule has 2 aromatic rings. The Morgan fingerprint density at radius 1 is 0.933 bits per heavy atom. The van der Waals surface area contributed by atoms with Gasteiger partial charge in [0.15, 0.2) is 0 Å². The number of imidazole rings is 1. The van der Waals surface area contributed by atoms with E-state index in [1.54, 1.807) is 0 Å². The van der Waals surface area contributed by atoms with Crippen LogP contribution in [0.1, 0.15) is 87.5 Å². The van der Waals surface area contributed by atoms with Crippen molar-refractivity contribution in [2.24, 2.45) is 0 Å². The maximum absolute atomic E-state index is 3.39. The molecule has 0 aliphatic heterocycles. The van der Waals surface area contributed by atoms with E-state index in [4.69, 9.17) is 0 Å². The molecular weight excluding hydrogens is 847 g/mol. The summed E-state index contributed by atoms with van der Waals surface area (Å²) in [4.78, 5) is 0. The third kappa shape index (κ3) is 7.53. The number of aromatic nitrogens is 2. The summed E-state index contributed by atoms with van der Waals surface area (Å²) in [6.07, 6.45) is 16.5. The molecule has 1 heterocycles. The predicted octanol–water partition coefficient (Wildman–Crippen LogP) is 8.64. The summed E-state index contributed by atoms with van der Waals surface area (Å²) in [6.45, 7) is 3.28. The van der Waals surface area contributed by atoms with Gasteiger partial charge in [0.2, 0.25) is 0 Å². The molecule has 7 heteroatoms. The van der Waals surface area contributed by atoms with E-state index in [2.05, 4.69) is 129 Å². The minimum atomic E-state index is 0.768. The summed E-state index contributed by atoms with van der Waals surface area (Å²) in [5, 5.41) is 0. The second kappa shape index (κ2) is 13.0. The summed E-state index contributed by atoms with van der Waals surface area (Å²) >= 11 is 10.5. The zero-order chi connectivity index (χ0) is 21.5.